The minimum Gasteiger partial charge on any atom is -0.394 e. The number of rotatable bonds is 1. The van der Waals surface area contributed by atoms with E-state index in [0.717, 1.165) is 0 Å². The van der Waals surface area contributed by atoms with Crippen molar-refractivity contribution in [1.82, 2.24) is 5.32 Å². The van der Waals surface area contributed by atoms with E-state index in [4.69, 9.17) is 9.84 Å². The lowest BCUT2D eigenvalue weighted by Gasteiger charge is -2.23. The summed E-state index contributed by atoms with van der Waals surface area (Å²) in [6.45, 7) is 6.55. The second kappa shape index (κ2) is 2.19. The van der Waals surface area contributed by atoms with Crippen LogP contribution in [0, 0.1) is 0 Å². The van der Waals surface area contributed by atoms with Crippen LogP contribution in [-0.4, -0.2) is 29.6 Å². The average Bonchev–Trinajstić information content (AvgIpc) is 2.08. The van der Waals surface area contributed by atoms with Gasteiger partial charge in [0, 0.05) is 0 Å². The van der Waals surface area contributed by atoms with Crippen molar-refractivity contribution in [1.29, 1.82) is 0 Å². The molecule has 3 heteroatoms. The van der Waals surface area contributed by atoms with Crippen LogP contribution in [0.15, 0.2) is 0 Å². The first-order chi connectivity index (χ1) is 4.47. The van der Waals surface area contributed by atoms with Crippen LogP contribution in [0.5, 0.6) is 0 Å². The van der Waals surface area contributed by atoms with E-state index in [1.54, 1.807) is 0 Å². The van der Waals surface area contributed by atoms with Gasteiger partial charge in [0.25, 0.3) is 0 Å². The lowest BCUT2D eigenvalue weighted by Crippen LogP contribution is -2.49. The Bertz CT molecular complexity index is 136. The average molecular weight is 145 g/mol. The molecule has 10 heavy (non-hydrogen) atoms. The summed E-state index contributed by atoms with van der Waals surface area (Å²) in [5.74, 6) is 0. The number of hydrogen-bond acceptors (Lipinski definition) is 3. The fraction of sp³-hybridized carbons (Fsp3) is 1.00. The van der Waals surface area contributed by atoms with Crippen molar-refractivity contribution >= 4 is 0 Å². The van der Waals surface area contributed by atoms with Crippen LogP contribution in [0.25, 0.3) is 0 Å². The zero-order valence-electron chi connectivity index (χ0n) is 6.77. The maximum atomic E-state index is 8.91. The predicted octanol–water partition coefficient (Wildman–Crippen LogP) is 0.0933. The highest BCUT2D eigenvalue weighted by molar-refractivity contribution is 4.92. The molecule has 1 aliphatic heterocycles. The number of ether oxygens (including phenoxy) is 1. The fourth-order valence-corrected chi connectivity index (χ4v) is 1.22. The summed E-state index contributed by atoms with van der Waals surface area (Å²) in [6, 6.07) is 0. The SMILES string of the molecule is CC1(CO)COC(C)(C)N1. The van der Waals surface area contributed by atoms with Crippen molar-refractivity contribution in [3.8, 4) is 0 Å². The maximum Gasteiger partial charge on any atom is 0.114 e. The number of hydrogen-bond donors (Lipinski definition) is 2. The molecule has 1 aliphatic rings. The van der Waals surface area contributed by atoms with Crippen LogP contribution in [0.1, 0.15) is 20.8 Å². The predicted molar refractivity (Wildman–Crippen MR) is 38.7 cm³/mol. The second-order valence-electron chi connectivity index (χ2n) is 3.64. The molecule has 1 atom stereocenters. The summed E-state index contributed by atoms with van der Waals surface area (Å²) in [7, 11) is 0. The summed E-state index contributed by atoms with van der Waals surface area (Å²) in [4.78, 5) is 0. The largest absolute Gasteiger partial charge is 0.394 e. The van der Waals surface area contributed by atoms with Crippen LogP contribution in [0.4, 0.5) is 0 Å². The van der Waals surface area contributed by atoms with Gasteiger partial charge < -0.3 is 9.84 Å². The van der Waals surface area contributed by atoms with E-state index in [1.807, 2.05) is 20.8 Å². The fourth-order valence-electron chi connectivity index (χ4n) is 1.22. The first-order valence-corrected chi connectivity index (χ1v) is 3.52. The molecule has 0 radical (unpaired) electrons. The van der Waals surface area contributed by atoms with Crippen LogP contribution < -0.4 is 5.32 Å². The smallest absolute Gasteiger partial charge is 0.114 e. The summed E-state index contributed by atoms with van der Waals surface area (Å²) < 4.78 is 5.38. The third kappa shape index (κ3) is 1.48. The zero-order valence-corrected chi connectivity index (χ0v) is 6.77. The van der Waals surface area contributed by atoms with Crippen molar-refractivity contribution in [2.75, 3.05) is 13.2 Å². The van der Waals surface area contributed by atoms with Crippen molar-refractivity contribution in [3.63, 3.8) is 0 Å². The van der Waals surface area contributed by atoms with Gasteiger partial charge in [-0.1, -0.05) is 0 Å². The molecule has 1 fully saturated rings. The lowest BCUT2D eigenvalue weighted by molar-refractivity contribution is 0.0224. The van der Waals surface area contributed by atoms with Crippen LogP contribution in [-0.2, 0) is 4.74 Å². The van der Waals surface area contributed by atoms with E-state index in [1.165, 1.54) is 0 Å². The third-order valence-electron chi connectivity index (χ3n) is 1.70. The molecule has 0 aromatic carbocycles. The molecule has 0 amide bonds. The molecule has 0 bridgehead atoms. The van der Waals surface area contributed by atoms with Crippen LogP contribution in [0.3, 0.4) is 0 Å². The van der Waals surface area contributed by atoms with E-state index in [0.29, 0.717) is 6.61 Å². The van der Waals surface area contributed by atoms with Gasteiger partial charge in [-0.05, 0) is 20.8 Å². The Kier molecular flexibility index (Phi) is 1.75. The third-order valence-corrected chi connectivity index (χ3v) is 1.70. The first-order valence-electron chi connectivity index (χ1n) is 3.52. The highest BCUT2D eigenvalue weighted by atomic mass is 16.5. The monoisotopic (exact) mass is 145 g/mol. The Morgan fingerprint density at radius 1 is 1.50 bits per heavy atom. The molecule has 0 aliphatic carbocycles. The van der Waals surface area contributed by atoms with Crippen molar-refractivity contribution in [2.24, 2.45) is 0 Å². The molecule has 1 heterocycles. The lowest BCUT2D eigenvalue weighted by atomic mass is 10.1. The van der Waals surface area contributed by atoms with Gasteiger partial charge in [-0.25, -0.2) is 0 Å². The van der Waals surface area contributed by atoms with E-state index in [2.05, 4.69) is 5.32 Å². The molecule has 0 aromatic heterocycles. The summed E-state index contributed by atoms with van der Waals surface area (Å²) in [6.07, 6.45) is 0. The molecule has 1 saturated heterocycles. The van der Waals surface area contributed by atoms with Crippen molar-refractivity contribution < 1.29 is 9.84 Å². The van der Waals surface area contributed by atoms with Gasteiger partial charge in [-0.3, -0.25) is 5.32 Å². The summed E-state index contributed by atoms with van der Waals surface area (Å²) in [5, 5.41) is 12.1. The Hall–Kier alpha value is -0.120. The Balaban J connectivity index is 2.57. The van der Waals surface area contributed by atoms with Crippen molar-refractivity contribution in [2.45, 2.75) is 32.0 Å². The molecule has 60 valence electrons. The highest BCUT2D eigenvalue weighted by Crippen LogP contribution is 2.21. The van der Waals surface area contributed by atoms with Crippen LogP contribution in [0.2, 0.25) is 0 Å². The Morgan fingerprint density at radius 3 is 2.30 bits per heavy atom. The Labute approximate surface area is 61.4 Å². The standard InChI is InChI=1S/C7H15NO2/c1-6(2)8-7(3,4-9)5-10-6/h8-9H,4-5H2,1-3H3. The van der Waals surface area contributed by atoms with Gasteiger partial charge in [0.15, 0.2) is 0 Å². The molecule has 1 unspecified atom stereocenters. The maximum absolute atomic E-state index is 8.91. The van der Waals surface area contributed by atoms with Gasteiger partial charge in [0.1, 0.15) is 5.72 Å². The number of aliphatic hydroxyl groups is 1. The molecule has 0 aromatic rings. The topological polar surface area (TPSA) is 41.5 Å². The summed E-state index contributed by atoms with van der Waals surface area (Å²) in [5.41, 5.74) is -0.527. The van der Waals surface area contributed by atoms with E-state index in [9.17, 15) is 0 Å². The molecule has 2 N–H and O–H groups in total. The molecule has 0 saturated carbocycles. The van der Waals surface area contributed by atoms with E-state index < -0.39 is 0 Å². The van der Waals surface area contributed by atoms with Crippen LogP contribution >= 0.6 is 0 Å². The molecule has 0 spiro atoms. The minimum atomic E-state index is -0.280. The van der Waals surface area contributed by atoms with E-state index >= 15 is 0 Å². The van der Waals surface area contributed by atoms with Gasteiger partial charge in [0.05, 0.1) is 18.8 Å². The number of aliphatic hydroxyl groups excluding tert-OH is 1. The highest BCUT2D eigenvalue weighted by Gasteiger charge is 2.39. The molecular formula is C7H15NO2. The molecular weight excluding hydrogens is 130 g/mol. The van der Waals surface area contributed by atoms with E-state index in [-0.39, 0.29) is 17.9 Å². The Morgan fingerprint density at radius 2 is 2.10 bits per heavy atom. The quantitative estimate of drug-likeness (QED) is 0.549. The number of nitrogens with one attached hydrogen (secondary N) is 1. The first kappa shape index (κ1) is 7.98. The van der Waals surface area contributed by atoms with Gasteiger partial charge in [-0.15, -0.1) is 0 Å². The zero-order chi connectivity index (χ0) is 7.83. The normalized spacial score (nSPS) is 38.4. The van der Waals surface area contributed by atoms with Gasteiger partial charge in [0.2, 0.25) is 0 Å². The van der Waals surface area contributed by atoms with Crippen molar-refractivity contribution in [3.05, 3.63) is 0 Å². The minimum absolute atomic E-state index is 0.121. The van der Waals surface area contributed by atoms with Gasteiger partial charge in [-0.2, -0.15) is 0 Å². The molecule has 1 rings (SSSR count). The van der Waals surface area contributed by atoms with Gasteiger partial charge >= 0.3 is 0 Å². The second-order valence-corrected chi connectivity index (χ2v) is 3.64. The molecule has 3 nitrogen and oxygen atoms in total. The summed E-state index contributed by atoms with van der Waals surface area (Å²) >= 11 is 0.